The summed E-state index contributed by atoms with van der Waals surface area (Å²) in [5.74, 6) is 0. The van der Waals surface area contributed by atoms with E-state index < -0.39 is 0 Å². The molecule has 2 heteroatoms. The fourth-order valence-corrected chi connectivity index (χ4v) is 4.32. The van der Waals surface area contributed by atoms with Crippen molar-refractivity contribution < 1.29 is 0 Å². The van der Waals surface area contributed by atoms with Crippen molar-refractivity contribution in [2.75, 3.05) is 0 Å². The van der Waals surface area contributed by atoms with Gasteiger partial charge in [-0.25, -0.2) is 0 Å². The zero-order chi connectivity index (χ0) is 19.2. The third kappa shape index (κ3) is 3.97. The molecule has 0 aliphatic rings. The van der Waals surface area contributed by atoms with E-state index in [9.17, 15) is 0 Å². The largest absolute Gasteiger partial charge is 0.341 e. The molecule has 0 fully saturated rings. The summed E-state index contributed by atoms with van der Waals surface area (Å²) in [6.07, 6.45) is 0. The van der Waals surface area contributed by atoms with Crippen LogP contribution in [0.5, 0.6) is 0 Å². The number of fused-ring (bicyclic) bond motifs is 3. The van der Waals surface area contributed by atoms with Crippen molar-refractivity contribution in [2.24, 2.45) is 0 Å². The van der Waals surface area contributed by atoms with Gasteiger partial charge < -0.3 is 4.57 Å². The van der Waals surface area contributed by atoms with Crippen molar-refractivity contribution in [3.05, 3.63) is 109 Å². The highest BCUT2D eigenvalue weighted by Crippen LogP contribution is 2.28. The van der Waals surface area contributed by atoms with Crippen LogP contribution < -0.4 is 0 Å². The molecule has 5 rings (SSSR count). The third-order valence-electron chi connectivity index (χ3n) is 4.72. The van der Waals surface area contributed by atoms with Crippen LogP contribution in [0, 0.1) is 0 Å². The molecule has 1 aromatic heterocycles. The van der Waals surface area contributed by atoms with Crippen molar-refractivity contribution in [1.29, 1.82) is 0 Å². The second kappa shape index (κ2) is 8.81. The Balaban J connectivity index is 0.000000139. The molecule has 0 radical (unpaired) electrons. The normalized spacial score (nSPS) is 10.6. The Bertz CT molecular complexity index is 1070. The fraction of sp³-hybridized carbons (Fsp3) is 0.0769. The molecule has 0 unspecified atom stereocenters. The maximum atomic E-state index is 2.37. The molecule has 0 saturated carbocycles. The van der Waals surface area contributed by atoms with Crippen LogP contribution in [-0.4, -0.2) is 4.57 Å². The van der Waals surface area contributed by atoms with Crippen molar-refractivity contribution in [2.45, 2.75) is 23.3 Å². The highest BCUT2D eigenvalue weighted by Gasteiger charge is 2.06. The summed E-state index contributed by atoms with van der Waals surface area (Å²) in [7, 11) is 0. The molecule has 0 aliphatic heterocycles. The number of hydrogen-bond donors (Lipinski definition) is 0. The van der Waals surface area contributed by atoms with Gasteiger partial charge in [0.25, 0.3) is 0 Å². The number of para-hydroxylation sites is 2. The number of benzene rings is 4. The van der Waals surface area contributed by atoms with Gasteiger partial charge in [-0.2, -0.15) is 0 Å². The molecule has 0 spiro atoms. The lowest BCUT2D eigenvalue weighted by molar-refractivity contribution is 0.827. The molecule has 138 valence electrons. The highest BCUT2D eigenvalue weighted by atomic mass is 32.2. The number of nitrogens with zero attached hydrogens (tertiary/aromatic N) is 1. The summed E-state index contributed by atoms with van der Waals surface area (Å²) >= 11 is 1.79. The fourth-order valence-electron chi connectivity index (χ4n) is 3.46. The lowest BCUT2D eigenvalue weighted by Gasteiger charge is -2.01. The first-order chi connectivity index (χ1) is 13.9. The maximum Gasteiger partial charge on any atom is 0.0491 e. The van der Waals surface area contributed by atoms with Crippen LogP contribution in [0.1, 0.15) is 6.92 Å². The summed E-state index contributed by atoms with van der Waals surface area (Å²) in [4.78, 5) is 2.57. The van der Waals surface area contributed by atoms with Gasteiger partial charge in [0, 0.05) is 38.1 Å². The van der Waals surface area contributed by atoms with E-state index in [1.54, 1.807) is 11.8 Å². The van der Waals surface area contributed by atoms with E-state index >= 15 is 0 Å². The number of aromatic nitrogens is 1. The third-order valence-corrected chi connectivity index (χ3v) is 5.73. The van der Waals surface area contributed by atoms with E-state index in [4.69, 9.17) is 0 Å². The van der Waals surface area contributed by atoms with E-state index in [1.807, 2.05) is 12.1 Å². The van der Waals surface area contributed by atoms with Gasteiger partial charge in [-0.1, -0.05) is 84.6 Å². The second-order valence-corrected chi connectivity index (χ2v) is 7.65. The van der Waals surface area contributed by atoms with E-state index in [-0.39, 0.29) is 0 Å². The summed E-state index contributed by atoms with van der Waals surface area (Å²) < 4.78 is 2.37. The monoisotopic (exact) mass is 381 g/mol. The Labute approximate surface area is 170 Å². The predicted molar refractivity (Wildman–Crippen MR) is 122 cm³/mol. The Morgan fingerprint density at radius 1 is 0.536 bits per heavy atom. The molecular weight excluding hydrogens is 358 g/mol. The molecule has 4 aromatic carbocycles. The molecule has 1 nitrogen and oxygen atoms in total. The van der Waals surface area contributed by atoms with Crippen LogP contribution in [0.2, 0.25) is 0 Å². The van der Waals surface area contributed by atoms with Crippen LogP contribution in [0.3, 0.4) is 0 Å². The Morgan fingerprint density at radius 2 is 0.929 bits per heavy atom. The van der Waals surface area contributed by atoms with Gasteiger partial charge in [0.2, 0.25) is 0 Å². The van der Waals surface area contributed by atoms with Crippen LogP contribution in [0.4, 0.5) is 0 Å². The van der Waals surface area contributed by atoms with Gasteiger partial charge in [-0.3, -0.25) is 0 Å². The number of rotatable bonds is 3. The van der Waals surface area contributed by atoms with E-state index in [1.165, 1.54) is 31.6 Å². The van der Waals surface area contributed by atoms with Crippen LogP contribution in [-0.2, 0) is 6.54 Å². The average Bonchev–Trinajstić information content (AvgIpc) is 3.09. The average molecular weight is 382 g/mol. The molecule has 0 aliphatic carbocycles. The van der Waals surface area contributed by atoms with Crippen LogP contribution in [0.15, 0.2) is 119 Å². The molecule has 0 N–H and O–H groups in total. The minimum Gasteiger partial charge on any atom is -0.341 e. The first-order valence-electron chi connectivity index (χ1n) is 9.60. The maximum absolute atomic E-state index is 2.37. The van der Waals surface area contributed by atoms with E-state index in [2.05, 4.69) is 109 Å². The van der Waals surface area contributed by atoms with Crippen molar-refractivity contribution >= 4 is 33.6 Å². The number of hydrogen-bond acceptors (Lipinski definition) is 1. The van der Waals surface area contributed by atoms with Gasteiger partial charge in [-0.15, -0.1) is 0 Å². The zero-order valence-corrected chi connectivity index (χ0v) is 16.8. The molecule has 1 heterocycles. The predicted octanol–water partition coefficient (Wildman–Crippen LogP) is 7.65. The quantitative estimate of drug-likeness (QED) is 0.311. The standard InChI is InChI=1S/C14H13N.C12H10S/c1-2-15-13-9-5-3-7-11(13)12-8-4-6-10-14(12)15;1-3-7-11(8-4-1)13-12-9-5-2-6-10-12/h3-10H,2H2,1H3;1-10H. The molecule has 0 bridgehead atoms. The first kappa shape index (κ1) is 18.4. The van der Waals surface area contributed by atoms with E-state index in [0.717, 1.165) is 6.54 Å². The van der Waals surface area contributed by atoms with Crippen LogP contribution in [0.25, 0.3) is 21.8 Å². The minimum absolute atomic E-state index is 1.02. The lowest BCUT2D eigenvalue weighted by Crippen LogP contribution is -1.91. The molecule has 0 saturated heterocycles. The van der Waals surface area contributed by atoms with Crippen molar-refractivity contribution in [3.63, 3.8) is 0 Å². The Kier molecular flexibility index (Phi) is 5.79. The second-order valence-electron chi connectivity index (χ2n) is 6.51. The molecule has 0 atom stereocenters. The van der Waals surface area contributed by atoms with Crippen molar-refractivity contribution in [3.8, 4) is 0 Å². The van der Waals surface area contributed by atoms with Crippen molar-refractivity contribution in [1.82, 2.24) is 4.57 Å². The molecule has 5 aromatic rings. The summed E-state index contributed by atoms with van der Waals surface area (Å²) in [6.45, 7) is 3.22. The van der Waals surface area contributed by atoms with Gasteiger partial charge in [0.05, 0.1) is 0 Å². The summed E-state index contributed by atoms with van der Waals surface area (Å²) in [6, 6.07) is 38.0. The Hall–Kier alpha value is -2.97. The van der Waals surface area contributed by atoms with E-state index in [0.29, 0.717) is 0 Å². The van der Waals surface area contributed by atoms with Gasteiger partial charge in [0.15, 0.2) is 0 Å². The minimum atomic E-state index is 1.02. The SMILES string of the molecule is CCn1c2ccccc2c2ccccc21.c1ccc(Sc2ccccc2)cc1. The number of aryl methyl sites for hydroxylation is 1. The Morgan fingerprint density at radius 3 is 1.36 bits per heavy atom. The first-order valence-corrected chi connectivity index (χ1v) is 10.4. The molecular formula is C26H23NS. The van der Waals surface area contributed by atoms with Crippen LogP contribution >= 0.6 is 11.8 Å². The van der Waals surface area contributed by atoms with Gasteiger partial charge in [-0.05, 0) is 43.3 Å². The summed E-state index contributed by atoms with van der Waals surface area (Å²) in [5.41, 5.74) is 2.67. The smallest absolute Gasteiger partial charge is 0.0491 e. The molecule has 0 amide bonds. The van der Waals surface area contributed by atoms with Gasteiger partial charge >= 0.3 is 0 Å². The lowest BCUT2D eigenvalue weighted by atomic mass is 10.2. The summed E-state index contributed by atoms with van der Waals surface area (Å²) in [5, 5.41) is 2.71. The molecule has 28 heavy (non-hydrogen) atoms. The highest BCUT2D eigenvalue weighted by molar-refractivity contribution is 7.99. The van der Waals surface area contributed by atoms with Gasteiger partial charge in [0.1, 0.15) is 0 Å². The topological polar surface area (TPSA) is 4.93 Å². The zero-order valence-electron chi connectivity index (χ0n) is 16.0.